The maximum absolute atomic E-state index is 13.2. The smallest absolute Gasteiger partial charge is 0.252 e. The van der Waals surface area contributed by atoms with Crippen LogP contribution < -0.4 is 11.1 Å². The first-order chi connectivity index (χ1) is 9.08. The van der Waals surface area contributed by atoms with Crippen LogP contribution in [0.1, 0.15) is 42.5 Å². The van der Waals surface area contributed by atoms with Crippen LogP contribution in [-0.2, 0) is 0 Å². The van der Waals surface area contributed by atoms with Gasteiger partial charge in [-0.25, -0.2) is 4.39 Å². The topological polar surface area (TPSA) is 55.1 Å². The number of halogens is 2. The Morgan fingerprint density at radius 1 is 1.37 bits per heavy atom. The molecule has 0 saturated heterocycles. The van der Waals surface area contributed by atoms with Crippen LogP contribution in [0, 0.1) is 11.7 Å². The number of amides is 1. The summed E-state index contributed by atoms with van der Waals surface area (Å²) in [6, 6.07) is 2.60. The van der Waals surface area contributed by atoms with Crippen molar-refractivity contribution >= 4 is 27.5 Å². The van der Waals surface area contributed by atoms with E-state index in [1.165, 1.54) is 44.2 Å². The third-order valence-corrected chi connectivity index (χ3v) is 4.26. The van der Waals surface area contributed by atoms with Crippen LogP contribution in [0.3, 0.4) is 0 Å². The van der Waals surface area contributed by atoms with E-state index in [1.807, 2.05) is 0 Å². The highest BCUT2D eigenvalue weighted by Gasteiger charge is 2.17. The minimum atomic E-state index is -0.518. The third kappa shape index (κ3) is 3.69. The lowest BCUT2D eigenvalue weighted by Gasteiger charge is -2.21. The highest BCUT2D eigenvalue weighted by Crippen LogP contribution is 2.24. The predicted molar refractivity (Wildman–Crippen MR) is 77.4 cm³/mol. The van der Waals surface area contributed by atoms with Gasteiger partial charge in [0.15, 0.2) is 0 Å². The standard InChI is InChI=1S/C14H18BrFN2O/c15-11-7-12(16)13(17)6-10(11)14(19)18-8-9-4-2-1-3-5-9/h6-7,9H,1-5,8,17H2,(H,18,19). The van der Waals surface area contributed by atoms with E-state index < -0.39 is 5.82 Å². The lowest BCUT2D eigenvalue weighted by atomic mass is 9.89. The highest BCUT2D eigenvalue weighted by atomic mass is 79.9. The predicted octanol–water partition coefficient (Wildman–Crippen LogP) is 3.48. The van der Waals surface area contributed by atoms with Crippen LogP contribution in [0.2, 0.25) is 0 Å². The Morgan fingerprint density at radius 2 is 2.05 bits per heavy atom. The van der Waals surface area contributed by atoms with Crippen molar-refractivity contribution < 1.29 is 9.18 Å². The summed E-state index contributed by atoms with van der Waals surface area (Å²) >= 11 is 3.19. The first-order valence-electron chi connectivity index (χ1n) is 6.60. The molecule has 5 heteroatoms. The number of rotatable bonds is 3. The zero-order valence-electron chi connectivity index (χ0n) is 10.7. The van der Waals surface area contributed by atoms with E-state index in [0.29, 0.717) is 22.5 Å². The van der Waals surface area contributed by atoms with Crippen LogP contribution >= 0.6 is 15.9 Å². The molecule has 1 aromatic rings. The molecule has 2 rings (SSSR count). The molecule has 1 aliphatic rings. The minimum Gasteiger partial charge on any atom is -0.396 e. The molecule has 0 heterocycles. The van der Waals surface area contributed by atoms with Crippen molar-refractivity contribution in [3.05, 3.63) is 28.0 Å². The Balaban J connectivity index is 1.97. The van der Waals surface area contributed by atoms with Gasteiger partial charge in [-0.2, -0.15) is 0 Å². The van der Waals surface area contributed by atoms with Crippen LogP contribution in [0.5, 0.6) is 0 Å². The molecular weight excluding hydrogens is 311 g/mol. The van der Waals surface area contributed by atoms with Gasteiger partial charge in [0.1, 0.15) is 5.82 Å². The molecule has 3 N–H and O–H groups in total. The molecule has 0 aliphatic heterocycles. The monoisotopic (exact) mass is 328 g/mol. The van der Waals surface area contributed by atoms with Gasteiger partial charge in [-0.15, -0.1) is 0 Å². The second kappa shape index (κ2) is 6.37. The number of nitrogens with two attached hydrogens (primary N) is 1. The number of hydrogen-bond acceptors (Lipinski definition) is 2. The summed E-state index contributed by atoms with van der Waals surface area (Å²) in [6.07, 6.45) is 6.13. The van der Waals surface area contributed by atoms with Crippen LogP contribution in [0.4, 0.5) is 10.1 Å². The summed E-state index contributed by atoms with van der Waals surface area (Å²) in [6.45, 7) is 0.683. The minimum absolute atomic E-state index is 0.00832. The van der Waals surface area contributed by atoms with Crippen molar-refractivity contribution in [2.75, 3.05) is 12.3 Å². The molecule has 0 bridgehead atoms. The first kappa shape index (κ1) is 14.3. The van der Waals surface area contributed by atoms with Gasteiger partial charge < -0.3 is 11.1 Å². The SMILES string of the molecule is Nc1cc(C(=O)NCC2CCCCC2)c(Br)cc1F. The quantitative estimate of drug-likeness (QED) is 0.834. The summed E-state index contributed by atoms with van der Waals surface area (Å²) in [4.78, 5) is 12.1. The fourth-order valence-corrected chi connectivity index (χ4v) is 2.96. The number of nitrogens with one attached hydrogen (secondary N) is 1. The zero-order valence-corrected chi connectivity index (χ0v) is 12.3. The van der Waals surface area contributed by atoms with Crippen LogP contribution in [0.15, 0.2) is 16.6 Å². The summed E-state index contributed by atoms with van der Waals surface area (Å²) in [5, 5.41) is 2.91. The average molecular weight is 329 g/mol. The van der Waals surface area contributed by atoms with Gasteiger partial charge in [-0.1, -0.05) is 19.3 Å². The summed E-state index contributed by atoms with van der Waals surface area (Å²) in [5.74, 6) is -0.158. The van der Waals surface area contributed by atoms with Gasteiger partial charge in [-0.05, 0) is 46.8 Å². The molecule has 1 amide bonds. The van der Waals surface area contributed by atoms with Gasteiger partial charge in [0, 0.05) is 11.0 Å². The molecular formula is C14H18BrFN2O. The van der Waals surface area contributed by atoms with E-state index in [4.69, 9.17) is 5.73 Å². The molecule has 0 spiro atoms. The van der Waals surface area contributed by atoms with E-state index in [-0.39, 0.29) is 11.6 Å². The summed E-state index contributed by atoms with van der Waals surface area (Å²) in [7, 11) is 0. The number of anilines is 1. The zero-order chi connectivity index (χ0) is 13.8. The van der Waals surface area contributed by atoms with E-state index in [1.54, 1.807) is 0 Å². The lowest BCUT2D eigenvalue weighted by Crippen LogP contribution is -2.30. The molecule has 19 heavy (non-hydrogen) atoms. The maximum Gasteiger partial charge on any atom is 0.252 e. The van der Waals surface area contributed by atoms with E-state index in [0.717, 1.165) is 0 Å². The van der Waals surface area contributed by atoms with Crippen molar-refractivity contribution in [2.24, 2.45) is 5.92 Å². The lowest BCUT2D eigenvalue weighted by molar-refractivity contribution is 0.0943. The van der Waals surface area contributed by atoms with Crippen molar-refractivity contribution in [1.82, 2.24) is 5.32 Å². The highest BCUT2D eigenvalue weighted by molar-refractivity contribution is 9.10. The summed E-state index contributed by atoms with van der Waals surface area (Å²) < 4.78 is 13.6. The van der Waals surface area contributed by atoms with Crippen molar-refractivity contribution in [1.29, 1.82) is 0 Å². The van der Waals surface area contributed by atoms with Crippen LogP contribution in [-0.4, -0.2) is 12.5 Å². The van der Waals surface area contributed by atoms with E-state index in [9.17, 15) is 9.18 Å². The Hall–Kier alpha value is -1.10. The van der Waals surface area contributed by atoms with Crippen LogP contribution in [0.25, 0.3) is 0 Å². The fraction of sp³-hybridized carbons (Fsp3) is 0.500. The average Bonchev–Trinajstić information content (AvgIpc) is 2.41. The molecule has 0 radical (unpaired) electrons. The second-order valence-corrected chi connectivity index (χ2v) is 5.92. The number of nitrogen functional groups attached to an aromatic ring is 1. The molecule has 0 aromatic heterocycles. The van der Waals surface area contributed by atoms with E-state index >= 15 is 0 Å². The Bertz CT molecular complexity index is 473. The van der Waals surface area contributed by atoms with Gasteiger partial charge in [0.25, 0.3) is 5.91 Å². The molecule has 0 unspecified atom stereocenters. The molecule has 1 fully saturated rings. The molecule has 1 aliphatic carbocycles. The first-order valence-corrected chi connectivity index (χ1v) is 7.40. The summed E-state index contributed by atoms with van der Waals surface area (Å²) in [5.41, 5.74) is 5.87. The van der Waals surface area contributed by atoms with Crippen molar-refractivity contribution in [3.8, 4) is 0 Å². The van der Waals surface area contributed by atoms with Gasteiger partial charge in [-0.3, -0.25) is 4.79 Å². The Kier molecular flexibility index (Phi) is 4.80. The van der Waals surface area contributed by atoms with Crippen molar-refractivity contribution in [3.63, 3.8) is 0 Å². The molecule has 1 aromatic carbocycles. The molecule has 0 atom stereocenters. The third-order valence-electron chi connectivity index (χ3n) is 3.61. The number of carbonyl (C=O) groups is 1. The molecule has 1 saturated carbocycles. The fourth-order valence-electron chi connectivity index (χ4n) is 2.46. The largest absolute Gasteiger partial charge is 0.396 e. The van der Waals surface area contributed by atoms with Gasteiger partial charge in [0.05, 0.1) is 11.3 Å². The Labute approximate surface area is 120 Å². The normalized spacial score (nSPS) is 16.3. The number of hydrogen-bond donors (Lipinski definition) is 2. The van der Waals surface area contributed by atoms with Crippen molar-refractivity contribution in [2.45, 2.75) is 32.1 Å². The Morgan fingerprint density at radius 3 is 2.74 bits per heavy atom. The number of carbonyl (C=O) groups excluding carboxylic acids is 1. The number of benzene rings is 1. The van der Waals surface area contributed by atoms with E-state index in [2.05, 4.69) is 21.2 Å². The molecule has 3 nitrogen and oxygen atoms in total. The maximum atomic E-state index is 13.2. The van der Waals surface area contributed by atoms with Gasteiger partial charge in [0.2, 0.25) is 0 Å². The molecule has 104 valence electrons. The van der Waals surface area contributed by atoms with Gasteiger partial charge >= 0.3 is 0 Å². The second-order valence-electron chi connectivity index (χ2n) is 5.07.